The molecule has 0 aromatic rings. The topological polar surface area (TPSA) is 13.7 Å². The zero-order chi connectivity index (χ0) is 12.1. The summed E-state index contributed by atoms with van der Waals surface area (Å²) in [6.45, 7) is 3.48. The van der Waals surface area contributed by atoms with Gasteiger partial charge in [-0.3, -0.25) is 0 Å². The van der Waals surface area contributed by atoms with Crippen molar-refractivity contribution in [3.63, 3.8) is 0 Å². The van der Waals surface area contributed by atoms with E-state index in [1.54, 1.807) is 12.0 Å². The maximum atomic E-state index is 9.75. The van der Waals surface area contributed by atoms with Crippen molar-refractivity contribution in [2.45, 2.75) is 31.9 Å². The van der Waals surface area contributed by atoms with Gasteiger partial charge in [-0.05, 0) is 6.92 Å². The highest BCUT2D eigenvalue weighted by molar-refractivity contribution is 6.50. The molecule has 0 saturated carbocycles. The molecule has 7 heteroatoms. The lowest BCUT2D eigenvalue weighted by Crippen LogP contribution is -3.12. The fraction of sp³-hybridized carbons (Fsp3) is 1.00. The minimum Gasteiger partial charge on any atom is -0.418 e. The molecule has 0 aromatic heterocycles. The van der Waals surface area contributed by atoms with Crippen LogP contribution in [0.3, 0.4) is 0 Å². The summed E-state index contributed by atoms with van der Waals surface area (Å²) < 4.78 is 44.3. The highest BCUT2D eigenvalue weighted by atomic mass is 19.5. The molecule has 1 heterocycles. The van der Waals surface area contributed by atoms with Gasteiger partial charge in [0.05, 0.1) is 13.6 Å². The predicted octanol–water partition coefficient (Wildman–Crippen LogP) is 0.998. The van der Waals surface area contributed by atoms with Crippen molar-refractivity contribution in [3.8, 4) is 0 Å². The summed E-state index contributed by atoms with van der Waals surface area (Å²) in [5.41, 5.74) is 0. The number of rotatable bonds is 2. The molecule has 0 aromatic carbocycles. The Hall–Kier alpha value is -0.295. The van der Waals surface area contributed by atoms with E-state index < -0.39 is 7.25 Å². The number of methoxy groups -OCH3 is 1. The minimum absolute atomic E-state index is 0.433. The fourth-order valence-electron chi connectivity index (χ4n) is 1.83. The summed E-state index contributed by atoms with van der Waals surface area (Å²) in [4.78, 5) is 1.63. The van der Waals surface area contributed by atoms with Gasteiger partial charge < -0.3 is 26.9 Å². The maximum absolute atomic E-state index is 9.75. The summed E-state index contributed by atoms with van der Waals surface area (Å²) >= 11 is 0. The van der Waals surface area contributed by atoms with Gasteiger partial charge in [-0.25, -0.2) is 0 Å². The van der Waals surface area contributed by atoms with Crippen LogP contribution in [-0.2, 0) is 4.74 Å². The van der Waals surface area contributed by atoms with Gasteiger partial charge in [0.15, 0.2) is 0 Å². The van der Waals surface area contributed by atoms with Gasteiger partial charge in [-0.15, -0.1) is 0 Å². The number of hydrogen-bond donors (Lipinski definition) is 1. The second kappa shape index (κ2) is 6.32. The lowest BCUT2D eigenvalue weighted by molar-refractivity contribution is -0.895. The van der Waals surface area contributed by atoms with Crippen LogP contribution in [0.2, 0.25) is 0 Å². The second-order valence-electron chi connectivity index (χ2n) is 3.78. The summed E-state index contributed by atoms with van der Waals surface area (Å²) in [5.74, 6) is 0. The number of ether oxygens (including phenoxy) is 1. The Morgan fingerprint density at radius 2 is 1.80 bits per heavy atom. The first-order chi connectivity index (χ1) is 6.75. The molecule has 1 aliphatic rings. The van der Waals surface area contributed by atoms with Gasteiger partial charge in [0.2, 0.25) is 0 Å². The zero-order valence-electron chi connectivity index (χ0n) is 9.27. The molecule has 0 spiro atoms. The highest BCUT2D eigenvalue weighted by Gasteiger charge is 2.29. The Morgan fingerprint density at radius 1 is 1.33 bits per heavy atom. The van der Waals surface area contributed by atoms with Crippen LogP contribution >= 0.6 is 0 Å². The minimum atomic E-state index is -6.00. The third kappa shape index (κ3) is 7.61. The molecular formula is C8H18BF4NO. The van der Waals surface area contributed by atoms with Gasteiger partial charge in [0.1, 0.15) is 12.1 Å². The smallest absolute Gasteiger partial charge is 0.418 e. The van der Waals surface area contributed by atoms with Gasteiger partial charge in [-0.1, -0.05) is 0 Å². The summed E-state index contributed by atoms with van der Waals surface area (Å²) in [6.07, 6.45) is 3.13. The average molecular weight is 231 g/mol. The Balaban J connectivity index is 0.000000336. The van der Waals surface area contributed by atoms with Crippen LogP contribution in [-0.4, -0.2) is 40.1 Å². The number of likely N-dealkylation sites (N-methyl/N-ethyl adjacent to an activating group) is 1. The molecule has 1 N–H and O–H groups in total. The van der Waals surface area contributed by atoms with Crippen LogP contribution in [0.1, 0.15) is 19.8 Å². The molecule has 0 aliphatic carbocycles. The number of halogens is 4. The van der Waals surface area contributed by atoms with Crippen molar-refractivity contribution >= 4 is 7.25 Å². The first-order valence-electron chi connectivity index (χ1n) is 4.98. The molecule has 3 atom stereocenters. The van der Waals surface area contributed by atoms with E-state index >= 15 is 0 Å². The maximum Gasteiger partial charge on any atom is 0.673 e. The summed E-state index contributed by atoms with van der Waals surface area (Å²) in [6, 6.07) is 0.741. The van der Waals surface area contributed by atoms with E-state index in [0.29, 0.717) is 6.10 Å². The van der Waals surface area contributed by atoms with Crippen LogP contribution < -0.4 is 4.90 Å². The SMILES string of the molecule is COC(C)C1CCC[NH+]1C.F[B-](F)(F)F. The molecule has 0 amide bonds. The van der Waals surface area contributed by atoms with Crippen molar-refractivity contribution in [2.24, 2.45) is 0 Å². The van der Waals surface area contributed by atoms with Crippen LogP contribution in [0.4, 0.5) is 17.3 Å². The van der Waals surface area contributed by atoms with Gasteiger partial charge in [-0.2, -0.15) is 0 Å². The molecule has 92 valence electrons. The predicted molar refractivity (Wildman–Crippen MR) is 51.4 cm³/mol. The van der Waals surface area contributed by atoms with Gasteiger partial charge in [0, 0.05) is 20.0 Å². The van der Waals surface area contributed by atoms with Crippen LogP contribution in [0.25, 0.3) is 0 Å². The Bertz CT molecular complexity index is 173. The Kier molecular flexibility index (Phi) is 6.20. The largest absolute Gasteiger partial charge is 0.673 e. The second-order valence-corrected chi connectivity index (χ2v) is 3.78. The number of likely N-dealkylation sites (tertiary alicyclic amines) is 1. The van der Waals surface area contributed by atoms with Crippen LogP contribution in [0.15, 0.2) is 0 Å². The van der Waals surface area contributed by atoms with Crippen molar-refractivity contribution in [1.82, 2.24) is 0 Å². The van der Waals surface area contributed by atoms with E-state index in [0.717, 1.165) is 6.04 Å². The molecule has 1 rings (SSSR count). The Labute approximate surface area is 87.7 Å². The summed E-state index contributed by atoms with van der Waals surface area (Å²) in [5, 5.41) is 0. The third-order valence-corrected chi connectivity index (χ3v) is 2.66. The monoisotopic (exact) mass is 231 g/mol. The molecule has 2 nitrogen and oxygen atoms in total. The standard InChI is InChI=1S/C8H17NO.BF4/c1-7(10-3)8-5-4-6-9(8)2;2-1(3,4)5/h7-8H,4-6H2,1-3H3;/q;-1/p+1. The average Bonchev–Trinajstić information content (AvgIpc) is 2.47. The molecule has 0 radical (unpaired) electrons. The molecule has 1 aliphatic heterocycles. The van der Waals surface area contributed by atoms with Crippen molar-refractivity contribution in [1.29, 1.82) is 0 Å². The van der Waals surface area contributed by atoms with E-state index in [4.69, 9.17) is 4.74 Å². The Morgan fingerprint density at radius 3 is 2.07 bits per heavy atom. The molecule has 0 bridgehead atoms. The number of quaternary nitrogens is 1. The first-order valence-corrected chi connectivity index (χ1v) is 4.98. The number of nitrogens with one attached hydrogen (secondary N) is 1. The summed E-state index contributed by atoms with van der Waals surface area (Å²) in [7, 11) is -1.94. The van der Waals surface area contributed by atoms with E-state index in [2.05, 4.69) is 14.0 Å². The molecule has 3 unspecified atom stereocenters. The molecular weight excluding hydrogens is 213 g/mol. The van der Waals surface area contributed by atoms with E-state index in [9.17, 15) is 17.3 Å². The molecule has 1 saturated heterocycles. The van der Waals surface area contributed by atoms with E-state index in [-0.39, 0.29) is 0 Å². The fourth-order valence-corrected chi connectivity index (χ4v) is 1.83. The van der Waals surface area contributed by atoms with Crippen molar-refractivity contribution < 1.29 is 26.9 Å². The lowest BCUT2D eigenvalue weighted by Gasteiger charge is -2.21. The molecule has 1 fully saturated rings. The zero-order valence-corrected chi connectivity index (χ0v) is 9.27. The van der Waals surface area contributed by atoms with E-state index in [1.807, 2.05) is 0 Å². The quantitative estimate of drug-likeness (QED) is 0.552. The van der Waals surface area contributed by atoms with Gasteiger partial charge >= 0.3 is 7.25 Å². The van der Waals surface area contributed by atoms with Crippen LogP contribution in [0.5, 0.6) is 0 Å². The molecule has 15 heavy (non-hydrogen) atoms. The van der Waals surface area contributed by atoms with Crippen molar-refractivity contribution in [3.05, 3.63) is 0 Å². The van der Waals surface area contributed by atoms with E-state index in [1.165, 1.54) is 19.4 Å². The van der Waals surface area contributed by atoms with Gasteiger partial charge in [0.25, 0.3) is 0 Å². The normalized spacial score (nSPS) is 28.2. The lowest BCUT2D eigenvalue weighted by atomic mass is 10.1. The highest BCUT2D eigenvalue weighted by Crippen LogP contribution is 2.06. The number of hydrogen-bond acceptors (Lipinski definition) is 1. The van der Waals surface area contributed by atoms with Crippen molar-refractivity contribution in [2.75, 3.05) is 20.7 Å². The third-order valence-electron chi connectivity index (χ3n) is 2.66. The first kappa shape index (κ1) is 14.7. The van der Waals surface area contributed by atoms with Crippen LogP contribution in [0, 0.1) is 0 Å².